The van der Waals surface area contributed by atoms with Gasteiger partial charge in [0.05, 0.1) is 6.10 Å². The second kappa shape index (κ2) is 7.22. The quantitative estimate of drug-likeness (QED) is 0.845. The summed E-state index contributed by atoms with van der Waals surface area (Å²) in [6.07, 6.45) is 1.04. The molecular formula is C13H19Cl2NO. The van der Waals surface area contributed by atoms with E-state index in [1.54, 1.807) is 13.2 Å². The molecule has 1 rings (SSSR count). The fourth-order valence-corrected chi connectivity index (χ4v) is 2.21. The highest BCUT2D eigenvalue weighted by atomic mass is 35.5. The second-order valence-corrected chi connectivity index (χ2v) is 4.90. The van der Waals surface area contributed by atoms with Crippen LogP contribution in [0.5, 0.6) is 0 Å². The molecular weight excluding hydrogens is 257 g/mol. The van der Waals surface area contributed by atoms with Gasteiger partial charge in [0, 0.05) is 23.2 Å². The maximum Gasteiger partial charge on any atom is 0.0561 e. The third kappa shape index (κ3) is 4.47. The van der Waals surface area contributed by atoms with Crippen molar-refractivity contribution in [2.24, 2.45) is 0 Å². The highest BCUT2D eigenvalue weighted by Gasteiger charge is 2.17. The smallest absolute Gasteiger partial charge is 0.0561 e. The lowest BCUT2D eigenvalue weighted by Crippen LogP contribution is -2.25. The molecule has 0 aliphatic rings. The summed E-state index contributed by atoms with van der Waals surface area (Å²) in [7, 11) is 1.72. The van der Waals surface area contributed by atoms with Crippen LogP contribution in [0.1, 0.15) is 31.9 Å². The van der Waals surface area contributed by atoms with Crippen molar-refractivity contribution in [3.63, 3.8) is 0 Å². The maximum atomic E-state index is 6.21. The van der Waals surface area contributed by atoms with Crippen molar-refractivity contribution in [3.8, 4) is 0 Å². The third-order valence-corrected chi connectivity index (χ3v) is 3.33. The van der Waals surface area contributed by atoms with Crippen molar-refractivity contribution in [3.05, 3.63) is 33.8 Å². The Labute approximate surface area is 113 Å². The van der Waals surface area contributed by atoms with Gasteiger partial charge in [-0.2, -0.15) is 0 Å². The molecule has 96 valence electrons. The van der Waals surface area contributed by atoms with Gasteiger partial charge < -0.3 is 10.1 Å². The first kappa shape index (κ1) is 14.8. The van der Waals surface area contributed by atoms with E-state index in [9.17, 15) is 0 Å². The van der Waals surface area contributed by atoms with Crippen LogP contribution >= 0.6 is 23.2 Å². The van der Waals surface area contributed by atoms with Crippen LogP contribution < -0.4 is 5.32 Å². The van der Waals surface area contributed by atoms with Crippen LogP contribution in [0.2, 0.25) is 10.0 Å². The van der Waals surface area contributed by atoms with E-state index in [2.05, 4.69) is 12.2 Å². The highest BCUT2D eigenvalue weighted by molar-refractivity contribution is 6.33. The summed E-state index contributed by atoms with van der Waals surface area (Å²) in [5.74, 6) is 0. The molecule has 2 nitrogen and oxygen atoms in total. The Morgan fingerprint density at radius 3 is 2.65 bits per heavy atom. The van der Waals surface area contributed by atoms with E-state index in [0.717, 1.165) is 23.6 Å². The average Bonchev–Trinajstić information content (AvgIpc) is 2.31. The summed E-state index contributed by atoms with van der Waals surface area (Å²) in [6.45, 7) is 5.00. The molecule has 1 aromatic rings. The Balaban J connectivity index is 2.91. The van der Waals surface area contributed by atoms with Crippen molar-refractivity contribution in [2.45, 2.75) is 32.4 Å². The van der Waals surface area contributed by atoms with Gasteiger partial charge in [0.1, 0.15) is 0 Å². The molecule has 0 aliphatic heterocycles. The van der Waals surface area contributed by atoms with Gasteiger partial charge in [0.2, 0.25) is 0 Å². The van der Waals surface area contributed by atoms with Gasteiger partial charge in [-0.3, -0.25) is 0 Å². The number of ether oxygens (including phenoxy) is 1. The van der Waals surface area contributed by atoms with Crippen LogP contribution in [0.3, 0.4) is 0 Å². The molecule has 1 aromatic carbocycles. The number of halogens is 2. The Kier molecular flexibility index (Phi) is 6.28. The zero-order chi connectivity index (χ0) is 12.8. The third-order valence-electron chi connectivity index (χ3n) is 2.75. The predicted octanol–water partition coefficient (Wildman–Crippen LogP) is 4.07. The molecule has 0 spiro atoms. The van der Waals surface area contributed by atoms with Crippen LogP contribution in [0.4, 0.5) is 0 Å². The summed E-state index contributed by atoms with van der Waals surface area (Å²) in [4.78, 5) is 0. The van der Waals surface area contributed by atoms with Gasteiger partial charge in [-0.15, -0.1) is 0 Å². The van der Waals surface area contributed by atoms with E-state index in [0.29, 0.717) is 5.02 Å². The van der Waals surface area contributed by atoms with E-state index >= 15 is 0 Å². The largest absolute Gasteiger partial charge is 0.382 e. The van der Waals surface area contributed by atoms with Crippen LogP contribution in [0, 0.1) is 0 Å². The van der Waals surface area contributed by atoms with Gasteiger partial charge in [-0.25, -0.2) is 0 Å². The summed E-state index contributed by atoms with van der Waals surface area (Å²) in [5.41, 5.74) is 1.03. The van der Waals surface area contributed by atoms with E-state index in [-0.39, 0.29) is 12.1 Å². The lowest BCUT2D eigenvalue weighted by molar-refractivity contribution is 0.101. The minimum atomic E-state index is 0.168. The molecule has 0 saturated heterocycles. The fraction of sp³-hybridized carbons (Fsp3) is 0.538. The van der Waals surface area contributed by atoms with Crippen molar-refractivity contribution < 1.29 is 4.74 Å². The molecule has 0 aromatic heterocycles. The Morgan fingerprint density at radius 1 is 1.35 bits per heavy atom. The summed E-state index contributed by atoms with van der Waals surface area (Å²) in [6, 6.07) is 5.72. The second-order valence-electron chi connectivity index (χ2n) is 4.06. The average molecular weight is 276 g/mol. The molecule has 0 aliphatic carbocycles. The Morgan fingerprint density at radius 2 is 2.06 bits per heavy atom. The normalized spacial score (nSPS) is 14.6. The summed E-state index contributed by atoms with van der Waals surface area (Å²) in [5, 5.41) is 4.85. The minimum Gasteiger partial charge on any atom is -0.382 e. The van der Waals surface area contributed by atoms with Crippen molar-refractivity contribution in [1.29, 1.82) is 0 Å². The van der Waals surface area contributed by atoms with Crippen LogP contribution in [0.25, 0.3) is 0 Å². The van der Waals surface area contributed by atoms with Gasteiger partial charge >= 0.3 is 0 Å². The van der Waals surface area contributed by atoms with Crippen molar-refractivity contribution in [1.82, 2.24) is 5.32 Å². The first-order chi connectivity index (χ1) is 8.08. The topological polar surface area (TPSA) is 21.3 Å². The van der Waals surface area contributed by atoms with E-state index in [1.165, 1.54) is 0 Å². The molecule has 0 heterocycles. The molecule has 0 radical (unpaired) electrons. The van der Waals surface area contributed by atoms with Crippen molar-refractivity contribution in [2.75, 3.05) is 13.7 Å². The minimum absolute atomic E-state index is 0.168. The molecule has 4 heteroatoms. The summed E-state index contributed by atoms with van der Waals surface area (Å²) < 4.78 is 5.30. The lowest BCUT2D eigenvalue weighted by Gasteiger charge is -2.22. The molecule has 2 atom stereocenters. The first-order valence-corrected chi connectivity index (χ1v) is 6.55. The number of methoxy groups -OCH3 is 1. The Bertz CT molecular complexity index is 357. The van der Waals surface area contributed by atoms with Gasteiger partial charge in [0.15, 0.2) is 0 Å². The van der Waals surface area contributed by atoms with Gasteiger partial charge in [-0.1, -0.05) is 30.1 Å². The SMILES string of the molecule is CCNC(CC(C)OC)c1cc(Cl)ccc1Cl. The number of hydrogen-bond acceptors (Lipinski definition) is 2. The monoisotopic (exact) mass is 275 g/mol. The number of hydrogen-bond donors (Lipinski definition) is 1. The van der Waals surface area contributed by atoms with E-state index in [4.69, 9.17) is 27.9 Å². The number of nitrogens with one attached hydrogen (secondary N) is 1. The zero-order valence-corrected chi connectivity index (χ0v) is 12.0. The Hall–Kier alpha value is -0.280. The number of rotatable bonds is 6. The molecule has 17 heavy (non-hydrogen) atoms. The molecule has 2 unspecified atom stereocenters. The standard InChI is InChI=1S/C13H19Cl2NO/c1-4-16-13(7-9(2)17-3)11-8-10(14)5-6-12(11)15/h5-6,8-9,13,16H,4,7H2,1-3H3. The predicted molar refractivity (Wildman–Crippen MR) is 74.0 cm³/mol. The van der Waals surface area contributed by atoms with Gasteiger partial charge in [-0.05, 0) is 43.7 Å². The van der Waals surface area contributed by atoms with E-state index < -0.39 is 0 Å². The molecule has 1 N–H and O–H groups in total. The highest BCUT2D eigenvalue weighted by Crippen LogP contribution is 2.29. The molecule has 0 amide bonds. The molecule has 0 bridgehead atoms. The van der Waals surface area contributed by atoms with Crippen LogP contribution in [-0.4, -0.2) is 19.8 Å². The van der Waals surface area contributed by atoms with Crippen molar-refractivity contribution >= 4 is 23.2 Å². The van der Waals surface area contributed by atoms with Crippen LogP contribution in [0.15, 0.2) is 18.2 Å². The fourth-order valence-electron chi connectivity index (χ4n) is 1.78. The van der Waals surface area contributed by atoms with Gasteiger partial charge in [0.25, 0.3) is 0 Å². The maximum absolute atomic E-state index is 6.21. The molecule has 0 fully saturated rings. The zero-order valence-electron chi connectivity index (χ0n) is 10.5. The van der Waals surface area contributed by atoms with Crippen LogP contribution in [-0.2, 0) is 4.74 Å². The number of benzene rings is 1. The summed E-state index contributed by atoms with van der Waals surface area (Å²) >= 11 is 12.2. The lowest BCUT2D eigenvalue weighted by atomic mass is 10.0. The van der Waals surface area contributed by atoms with E-state index in [1.807, 2.05) is 19.1 Å². The first-order valence-electron chi connectivity index (χ1n) is 5.79. The molecule has 0 saturated carbocycles.